The first-order valence-corrected chi connectivity index (χ1v) is 5.72. The minimum atomic E-state index is -0.706. The van der Waals surface area contributed by atoms with Crippen molar-refractivity contribution in [1.29, 1.82) is 0 Å². The van der Waals surface area contributed by atoms with E-state index in [1.807, 2.05) is 0 Å². The van der Waals surface area contributed by atoms with Gasteiger partial charge in [-0.25, -0.2) is 9.18 Å². The Bertz CT molecular complexity index is 462. The Hall–Kier alpha value is -1.95. The molecule has 0 heterocycles. The number of benzene rings is 1. The van der Waals surface area contributed by atoms with Gasteiger partial charge in [0.1, 0.15) is 5.82 Å². The quantitative estimate of drug-likeness (QED) is 0.622. The van der Waals surface area contributed by atoms with E-state index in [-0.39, 0.29) is 18.0 Å². The summed E-state index contributed by atoms with van der Waals surface area (Å²) in [6.07, 6.45) is 0.249. The molecule has 0 saturated carbocycles. The maximum absolute atomic E-state index is 13.6. The van der Waals surface area contributed by atoms with Crippen molar-refractivity contribution in [3.8, 4) is 0 Å². The Morgan fingerprint density at radius 2 is 2.00 bits per heavy atom. The Morgan fingerprint density at radius 3 is 2.58 bits per heavy atom. The van der Waals surface area contributed by atoms with Gasteiger partial charge in [-0.3, -0.25) is 4.79 Å². The van der Waals surface area contributed by atoms with Crippen LogP contribution in [0.2, 0.25) is 0 Å². The van der Waals surface area contributed by atoms with E-state index in [1.54, 1.807) is 6.07 Å². The monoisotopic (exact) mass is 269 g/mol. The van der Waals surface area contributed by atoms with Gasteiger partial charge < -0.3 is 14.8 Å². The average molecular weight is 269 g/mol. The summed E-state index contributed by atoms with van der Waals surface area (Å²) in [5, 5.41) is 2.97. The Kier molecular flexibility index (Phi) is 5.95. The highest BCUT2D eigenvalue weighted by Gasteiger charge is 2.12. The fraction of sp³-hybridized carbons (Fsp3) is 0.385. The van der Waals surface area contributed by atoms with E-state index in [9.17, 15) is 14.0 Å². The molecule has 0 atom stereocenters. The third-order valence-corrected chi connectivity index (χ3v) is 2.50. The lowest BCUT2D eigenvalue weighted by Crippen LogP contribution is -2.18. The number of hydrogen-bond donors (Lipinski definition) is 1. The summed E-state index contributed by atoms with van der Waals surface area (Å²) in [7, 11) is 2.52. The fourth-order valence-corrected chi connectivity index (χ4v) is 1.47. The second-order valence-electron chi connectivity index (χ2n) is 3.81. The molecular formula is C13H16FNO4. The summed E-state index contributed by atoms with van der Waals surface area (Å²) in [6, 6.07) is 4.26. The van der Waals surface area contributed by atoms with E-state index in [4.69, 9.17) is 0 Å². The van der Waals surface area contributed by atoms with Crippen molar-refractivity contribution in [2.45, 2.75) is 13.0 Å². The van der Waals surface area contributed by atoms with E-state index in [0.717, 1.165) is 0 Å². The lowest BCUT2D eigenvalue weighted by Gasteiger charge is -2.06. The highest BCUT2D eigenvalue weighted by molar-refractivity contribution is 5.89. The number of esters is 2. The lowest BCUT2D eigenvalue weighted by atomic mass is 10.1. The van der Waals surface area contributed by atoms with Gasteiger partial charge in [0.05, 0.1) is 26.2 Å². The molecule has 0 aromatic heterocycles. The zero-order valence-electron chi connectivity index (χ0n) is 10.9. The first-order chi connectivity index (χ1) is 9.08. The number of hydrogen-bond acceptors (Lipinski definition) is 5. The largest absolute Gasteiger partial charge is 0.469 e. The standard InChI is InChI=1S/C13H16FNO4/c1-18-12(16)5-6-15-8-9-3-4-10(11(14)7-9)13(17)19-2/h3-4,7,15H,5-6,8H2,1-2H3. The van der Waals surface area contributed by atoms with E-state index >= 15 is 0 Å². The molecule has 0 aliphatic carbocycles. The van der Waals surface area contributed by atoms with Gasteiger partial charge >= 0.3 is 11.9 Å². The minimum absolute atomic E-state index is 0.0965. The number of methoxy groups -OCH3 is 2. The number of nitrogens with one attached hydrogen (secondary N) is 1. The van der Waals surface area contributed by atoms with Crippen molar-refractivity contribution in [3.05, 3.63) is 35.1 Å². The molecule has 0 aliphatic heterocycles. The van der Waals surface area contributed by atoms with Crippen molar-refractivity contribution < 1.29 is 23.5 Å². The molecule has 0 saturated heterocycles. The van der Waals surface area contributed by atoms with Crippen LogP contribution in [-0.2, 0) is 20.8 Å². The zero-order valence-corrected chi connectivity index (χ0v) is 10.9. The van der Waals surface area contributed by atoms with Gasteiger partial charge in [0.15, 0.2) is 0 Å². The average Bonchev–Trinajstić information content (AvgIpc) is 2.42. The van der Waals surface area contributed by atoms with E-state index in [0.29, 0.717) is 18.7 Å². The van der Waals surface area contributed by atoms with Gasteiger partial charge in [-0.15, -0.1) is 0 Å². The van der Waals surface area contributed by atoms with Gasteiger partial charge in [0, 0.05) is 13.1 Å². The molecule has 1 aromatic carbocycles. The van der Waals surface area contributed by atoms with E-state index < -0.39 is 11.8 Å². The van der Waals surface area contributed by atoms with Crippen LogP contribution in [0, 0.1) is 5.82 Å². The fourth-order valence-electron chi connectivity index (χ4n) is 1.47. The molecule has 19 heavy (non-hydrogen) atoms. The number of halogens is 1. The predicted octanol–water partition coefficient (Wildman–Crippen LogP) is 1.26. The second kappa shape index (κ2) is 7.48. The summed E-state index contributed by atoms with van der Waals surface area (Å²) in [4.78, 5) is 22.0. The molecule has 104 valence electrons. The van der Waals surface area contributed by atoms with Crippen molar-refractivity contribution in [3.63, 3.8) is 0 Å². The van der Waals surface area contributed by atoms with Crippen molar-refractivity contribution >= 4 is 11.9 Å². The normalized spacial score (nSPS) is 10.1. The summed E-state index contributed by atoms with van der Waals surface area (Å²) >= 11 is 0. The van der Waals surface area contributed by atoms with Gasteiger partial charge in [0.25, 0.3) is 0 Å². The molecule has 1 rings (SSSR count). The van der Waals surface area contributed by atoms with Crippen LogP contribution < -0.4 is 5.32 Å². The Labute approximate surface area is 110 Å². The topological polar surface area (TPSA) is 64.6 Å². The molecule has 1 N–H and O–H groups in total. The van der Waals surface area contributed by atoms with Crippen LogP contribution in [0.5, 0.6) is 0 Å². The molecule has 0 bridgehead atoms. The van der Waals surface area contributed by atoms with E-state index in [1.165, 1.54) is 26.4 Å². The molecule has 0 amide bonds. The molecule has 0 unspecified atom stereocenters. The maximum Gasteiger partial charge on any atom is 0.340 e. The van der Waals surface area contributed by atoms with E-state index in [2.05, 4.69) is 14.8 Å². The van der Waals surface area contributed by atoms with Gasteiger partial charge in [-0.2, -0.15) is 0 Å². The van der Waals surface area contributed by atoms with Crippen LogP contribution in [0.25, 0.3) is 0 Å². The van der Waals surface area contributed by atoms with Crippen molar-refractivity contribution in [1.82, 2.24) is 5.32 Å². The van der Waals surface area contributed by atoms with Crippen LogP contribution in [0.4, 0.5) is 4.39 Å². The summed E-state index contributed by atoms with van der Waals surface area (Å²) in [5.41, 5.74) is 0.579. The summed E-state index contributed by atoms with van der Waals surface area (Å²) < 4.78 is 22.5. The molecular weight excluding hydrogens is 253 g/mol. The Morgan fingerprint density at radius 1 is 1.26 bits per heavy atom. The molecule has 0 aliphatic rings. The SMILES string of the molecule is COC(=O)CCNCc1ccc(C(=O)OC)c(F)c1. The number of ether oxygens (including phenoxy) is 2. The predicted molar refractivity (Wildman–Crippen MR) is 66.1 cm³/mol. The van der Waals surface area contributed by atoms with Crippen LogP contribution in [-0.4, -0.2) is 32.7 Å². The second-order valence-corrected chi connectivity index (χ2v) is 3.81. The highest BCUT2D eigenvalue weighted by atomic mass is 19.1. The number of rotatable bonds is 6. The zero-order chi connectivity index (χ0) is 14.3. The maximum atomic E-state index is 13.6. The van der Waals surface area contributed by atoms with Gasteiger partial charge in [0.2, 0.25) is 0 Å². The van der Waals surface area contributed by atoms with Gasteiger partial charge in [-0.1, -0.05) is 6.07 Å². The van der Waals surface area contributed by atoms with Crippen LogP contribution >= 0.6 is 0 Å². The molecule has 5 nitrogen and oxygen atoms in total. The highest BCUT2D eigenvalue weighted by Crippen LogP contribution is 2.11. The van der Waals surface area contributed by atoms with Gasteiger partial charge in [-0.05, 0) is 17.7 Å². The number of carbonyl (C=O) groups excluding carboxylic acids is 2. The van der Waals surface area contributed by atoms with Crippen molar-refractivity contribution in [2.24, 2.45) is 0 Å². The molecule has 0 fully saturated rings. The molecule has 1 aromatic rings. The molecule has 6 heteroatoms. The first kappa shape index (κ1) is 15.1. The Balaban J connectivity index is 2.50. The molecule has 0 spiro atoms. The molecule has 0 radical (unpaired) electrons. The number of carbonyl (C=O) groups is 2. The smallest absolute Gasteiger partial charge is 0.340 e. The minimum Gasteiger partial charge on any atom is -0.469 e. The lowest BCUT2D eigenvalue weighted by molar-refractivity contribution is -0.140. The first-order valence-electron chi connectivity index (χ1n) is 5.72. The van der Waals surface area contributed by atoms with Crippen LogP contribution in [0.15, 0.2) is 18.2 Å². The third kappa shape index (κ3) is 4.67. The van der Waals surface area contributed by atoms with Crippen LogP contribution in [0.3, 0.4) is 0 Å². The summed E-state index contributed by atoms with van der Waals surface area (Å²) in [5.74, 6) is -1.64. The van der Waals surface area contributed by atoms with Crippen molar-refractivity contribution in [2.75, 3.05) is 20.8 Å². The third-order valence-electron chi connectivity index (χ3n) is 2.50. The summed E-state index contributed by atoms with van der Waals surface area (Å²) in [6.45, 7) is 0.836. The van der Waals surface area contributed by atoms with Crippen LogP contribution in [0.1, 0.15) is 22.3 Å².